The van der Waals surface area contributed by atoms with Gasteiger partial charge < -0.3 is 41.1 Å². The summed E-state index contributed by atoms with van der Waals surface area (Å²) in [5.41, 5.74) is 15.6. The first kappa shape index (κ1) is 47.8. The van der Waals surface area contributed by atoms with Crippen LogP contribution >= 0.6 is 0 Å². The van der Waals surface area contributed by atoms with Crippen molar-refractivity contribution in [1.29, 1.82) is 0 Å². The number of piperidine rings is 2. The number of likely N-dealkylation sites (tertiary alicyclic amines) is 2. The number of piperazine rings is 2. The highest BCUT2D eigenvalue weighted by Gasteiger charge is 2.31. The van der Waals surface area contributed by atoms with Gasteiger partial charge in [0, 0.05) is 108 Å². The first-order valence-electron chi connectivity index (χ1n) is 24.8. The Hall–Kier alpha value is -6.30. The third-order valence-corrected chi connectivity index (χ3v) is 14.6. The van der Waals surface area contributed by atoms with Crippen LogP contribution in [0.4, 0.5) is 4.39 Å². The van der Waals surface area contributed by atoms with E-state index in [1.54, 1.807) is 41.4 Å². The molecule has 1 atom stereocenters. The van der Waals surface area contributed by atoms with Gasteiger partial charge in [0.2, 0.25) is 11.8 Å². The average Bonchev–Trinajstić information content (AvgIpc) is 4.22. The fourth-order valence-corrected chi connectivity index (χ4v) is 10.3. The van der Waals surface area contributed by atoms with E-state index in [4.69, 9.17) is 16.2 Å². The number of fused-ring (bicyclic) bond motifs is 1. The predicted molar refractivity (Wildman–Crippen MR) is 262 cm³/mol. The lowest BCUT2D eigenvalue weighted by Crippen LogP contribution is -2.53. The number of aromatic amines is 1. The number of carbonyl (C=O) groups excluding carboxylic acids is 3. The largest absolute Gasteiger partial charge is 0.442 e. The van der Waals surface area contributed by atoms with E-state index in [-0.39, 0.29) is 34.7 Å². The number of nitrogens with two attached hydrogens (primary N) is 2. The number of ether oxygens (including phenoxy) is 1. The number of nitrogens with zero attached hydrogens (tertiary/aromatic N) is 7. The Labute approximate surface area is 403 Å². The van der Waals surface area contributed by atoms with Gasteiger partial charge in [-0.2, -0.15) is 5.10 Å². The van der Waals surface area contributed by atoms with Gasteiger partial charge in [0.1, 0.15) is 11.6 Å². The number of H-pyrrole nitrogens is 1. The van der Waals surface area contributed by atoms with Crippen molar-refractivity contribution in [3.63, 3.8) is 0 Å². The van der Waals surface area contributed by atoms with Crippen LogP contribution in [0.5, 0.6) is 5.75 Å². The highest BCUT2D eigenvalue weighted by Crippen LogP contribution is 2.30. The monoisotopic (exact) mass is 944 g/mol. The van der Waals surface area contributed by atoms with Crippen LogP contribution < -0.4 is 27.1 Å². The number of halogens is 1. The fourth-order valence-electron chi connectivity index (χ4n) is 10.3. The third-order valence-electron chi connectivity index (χ3n) is 14.6. The minimum Gasteiger partial charge on any atom is -0.442 e. The summed E-state index contributed by atoms with van der Waals surface area (Å²) in [6, 6.07) is 20.2. The van der Waals surface area contributed by atoms with Gasteiger partial charge in [-0.15, -0.1) is 0 Å². The van der Waals surface area contributed by atoms with E-state index >= 15 is 4.39 Å². The molecule has 4 saturated heterocycles. The molecular weight excluding hydrogens is 878 g/mol. The van der Waals surface area contributed by atoms with Crippen LogP contribution in [-0.4, -0.2) is 162 Å². The van der Waals surface area contributed by atoms with Crippen molar-refractivity contribution < 1.29 is 23.5 Å². The topological polar surface area (TPSA) is 190 Å². The summed E-state index contributed by atoms with van der Waals surface area (Å²) < 4.78 is 21.2. The summed E-state index contributed by atoms with van der Waals surface area (Å²) >= 11 is 0. The van der Waals surface area contributed by atoms with E-state index in [0.717, 1.165) is 102 Å². The van der Waals surface area contributed by atoms with Gasteiger partial charge in [-0.05, 0) is 99.0 Å². The second kappa shape index (κ2) is 22.0. The molecule has 5 fully saturated rings. The number of aromatic nitrogens is 2. The zero-order valence-electron chi connectivity index (χ0n) is 39.5. The van der Waals surface area contributed by atoms with Gasteiger partial charge in [0.15, 0.2) is 5.88 Å². The molecule has 1 unspecified atom stereocenters. The molecule has 1 saturated carbocycles. The van der Waals surface area contributed by atoms with Crippen molar-refractivity contribution in [2.24, 2.45) is 17.4 Å². The predicted octanol–water partition coefficient (Wildman–Crippen LogP) is 3.40. The lowest BCUT2D eigenvalue weighted by atomic mass is 9.90. The maximum absolute atomic E-state index is 15.1. The molecule has 0 spiro atoms. The SMILES string of the molecule is N/C=C(\C=C(/N)Oc1cccc(C2CCCN(C(=O)CNC3CC3)C2)c1)N1CCN(CC2CCN(CC(=O)N3CCN(C(=O)c4cc(Cc5n[nH]c(=O)c6ccccc56)ccc4F)CC3)CC2)CC1. The molecule has 3 amide bonds. The van der Waals surface area contributed by atoms with Crippen molar-refractivity contribution in [1.82, 2.24) is 44.9 Å². The van der Waals surface area contributed by atoms with Crippen molar-refractivity contribution >= 4 is 28.5 Å². The summed E-state index contributed by atoms with van der Waals surface area (Å²) in [7, 11) is 0. The zero-order chi connectivity index (χ0) is 47.9. The molecule has 16 nitrogen and oxygen atoms in total. The highest BCUT2D eigenvalue weighted by atomic mass is 19.1. The molecule has 4 aromatic rings. The normalized spacial score (nSPS) is 20.4. The molecule has 0 radical (unpaired) electrons. The fraction of sp³-hybridized carbons (Fsp3) is 0.481. The van der Waals surface area contributed by atoms with Gasteiger partial charge in [-0.1, -0.05) is 36.4 Å². The van der Waals surface area contributed by atoms with E-state index in [1.165, 1.54) is 6.07 Å². The number of allylic oxidation sites excluding steroid dienone is 1. The zero-order valence-corrected chi connectivity index (χ0v) is 39.5. The molecule has 5 aliphatic rings. The standard InChI is InChI=1S/C52H66FN11O5/c53-46-13-10-37(28-47-43-8-1-2-9-44(43)51(67)58-57-47)27-45(46)52(68)63-25-23-62(24-26-63)50(66)35-59-17-14-36(15-18-59)33-60-19-21-61(22-20-60)41(31-54)30-48(55)69-42-7-3-5-38(29-42)39-6-4-16-64(34-39)49(65)32-56-40-11-12-40/h1-3,5,7-10,13,27,29-31,36,39-40,56H,4,6,11-12,14-26,28,32-35,54-55H2,(H,58,67)/b41-31+,48-30+. The molecule has 6 N–H and O–H groups in total. The quantitative estimate of drug-likeness (QED) is 0.101. The Balaban J connectivity index is 0.677. The van der Waals surface area contributed by atoms with Gasteiger partial charge in [-0.25, -0.2) is 9.49 Å². The van der Waals surface area contributed by atoms with Crippen LogP contribution in [0.1, 0.15) is 71.6 Å². The number of benzene rings is 3. The van der Waals surface area contributed by atoms with Crippen LogP contribution in [0.25, 0.3) is 10.8 Å². The lowest BCUT2D eigenvalue weighted by molar-refractivity contribution is -0.134. The van der Waals surface area contributed by atoms with E-state index < -0.39 is 11.7 Å². The number of nitrogens with one attached hydrogen (secondary N) is 2. The first-order chi connectivity index (χ1) is 33.6. The van der Waals surface area contributed by atoms with E-state index in [1.807, 2.05) is 40.1 Å². The number of hydrogen-bond acceptors (Lipinski definition) is 12. The molecule has 5 heterocycles. The van der Waals surface area contributed by atoms with E-state index in [9.17, 15) is 19.2 Å². The molecule has 0 bridgehead atoms. The van der Waals surface area contributed by atoms with Gasteiger partial charge in [0.25, 0.3) is 11.5 Å². The van der Waals surface area contributed by atoms with Gasteiger partial charge in [-0.3, -0.25) is 29.0 Å². The van der Waals surface area contributed by atoms with Crippen molar-refractivity contribution in [2.45, 2.75) is 56.9 Å². The van der Waals surface area contributed by atoms with Crippen LogP contribution in [0.2, 0.25) is 0 Å². The highest BCUT2D eigenvalue weighted by molar-refractivity contribution is 5.95. The molecule has 3 aromatic carbocycles. The van der Waals surface area contributed by atoms with Gasteiger partial charge in [0.05, 0.1) is 35.4 Å². The molecular formula is C52H66FN11O5. The molecule has 4 aliphatic heterocycles. The summed E-state index contributed by atoms with van der Waals surface area (Å²) in [4.78, 5) is 64.5. The second-order valence-corrected chi connectivity index (χ2v) is 19.4. The number of amides is 3. The summed E-state index contributed by atoms with van der Waals surface area (Å²) in [6.45, 7) is 9.91. The molecule has 17 heteroatoms. The van der Waals surface area contributed by atoms with E-state index in [0.29, 0.717) is 92.0 Å². The second-order valence-electron chi connectivity index (χ2n) is 19.4. The van der Waals surface area contributed by atoms with Crippen LogP contribution in [-0.2, 0) is 16.0 Å². The van der Waals surface area contributed by atoms with Crippen LogP contribution in [0.3, 0.4) is 0 Å². The number of carbonyl (C=O) groups is 3. The first-order valence-corrected chi connectivity index (χ1v) is 24.8. The Morgan fingerprint density at radius 3 is 2.28 bits per heavy atom. The third kappa shape index (κ3) is 12.1. The van der Waals surface area contributed by atoms with E-state index in [2.05, 4.69) is 36.3 Å². The summed E-state index contributed by atoms with van der Waals surface area (Å²) in [5.74, 6) is 0.962. The Morgan fingerprint density at radius 1 is 0.783 bits per heavy atom. The summed E-state index contributed by atoms with van der Waals surface area (Å²) in [5, 5.41) is 11.4. The van der Waals surface area contributed by atoms with Crippen LogP contribution in [0.15, 0.2) is 95.4 Å². The van der Waals surface area contributed by atoms with Crippen molar-refractivity contribution in [3.05, 3.63) is 129 Å². The minimum atomic E-state index is -0.598. The molecule has 1 aliphatic carbocycles. The molecule has 69 heavy (non-hydrogen) atoms. The maximum atomic E-state index is 15.1. The Bertz CT molecular complexity index is 2590. The lowest BCUT2D eigenvalue weighted by Gasteiger charge is -2.40. The Morgan fingerprint density at radius 2 is 1.52 bits per heavy atom. The van der Waals surface area contributed by atoms with Crippen LogP contribution in [0, 0.1) is 11.7 Å². The minimum absolute atomic E-state index is 0.0142. The Kier molecular flexibility index (Phi) is 15.2. The smallest absolute Gasteiger partial charge is 0.272 e. The molecule has 9 rings (SSSR count). The number of hydrogen-bond donors (Lipinski definition) is 4. The molecule has 1 aromatic heterocycles. The maximum Gasteiger partial charge on any atom is 0.272 e. The average molecular weight is 944 g/mol. The molecule has 366 valence electrons. The number of rotatable bonds is 15. The van der Waals surface area contributed by atoms with Crippen molar-refractivity contribution in [3.8, 4) is 5.75 Å². The van der Waals surface area contributed by atoms with Crippen molar-refractivity contribution in [2.75, 3.05) is 98.2 Å². The van der Waals surface area contributed by atoms with Gasteiger partial charge >= 0.3 is 0 Å². The summed E-state index contributed by atoms with van der Waals surface area (Å²) in [6.07, 6.45) is 10.1.